The molecule has 0 aliphatic carbocycles. The number of benzene rings is 1. The summed E-state index contributed by atoms with van der Waals surface area (Å²) in [7, 11) is 1.48. The lowest BCUT2D eigenvalue weighted by molar-refractivity contribution is -0.142. The summed E-state index contributed by atoms with van der Waals surface area (Å²) in [6.07, 6.45) is -1.31. The van der Waals surface area contributed by atoms with Crippen molar-refractivity contribution in [3.63, 3.8) is 0 Å². The normalized spacial score (nSPS) is 11.6. The fraction of sp³-hybridized carbons (Fsp3) is 0.174. The number of nitriles is 1. The van der Waals surface area contributed by atoms with Crippen molar-refractivity contribution in [1.82, 2.24) is 14.5 Å². The first-order valence-electron chi connectivity index (χ1n) is 9.83. The number of methoxy groups -OCH3 is 1. The highest BCUT2D eigenvalue weighted by Crippen LogP contribution is 2.35. The number of nitrogens with one attached hydrogen (secondary N) is 1. The van der Waals surface area contributed by atoms with Gasteiger partial charge in [0.25, 0.3) is 5.56 Å². The van der Waals surface area contributed by atoms with Gasteiger partial charge in [-0.2, -0.15) is 18.4 Å². The van der Waals surface area contributed by atoms with Gasteiger partial charge < -0.3 is 14.9 Å². The molecule has 0 aliphatic heterocycles. The minimum atomic E-state index is -4.99. The van der Waals surface area contributed by atoms with Gasteiger partial charge in [0.2, 0.25) is 11.6 Å². The van der Waals surface area contributed by atoms with Crippen LogP contribution in [-0.4, -0.2) is 27.4 Å². The van der Waals surface area contributed by atoms with Crippen LogP contribution in [0.1, 0.15) is 23.7 Å². The van der Waals surface area contributed by atoms with Gasteiger partial charge in [0.15, 0.2) is 5.69 Å². The van der Waals surface area contributed by atoms with Gasteiger partial charge >= 0.3 is 6.18 Å². The third kappa shape index (κ3) is 6.24. The molecule has 2 heterocycles. The number of rotatable bonds is 7. The number of ether oxygens (including phenoxy) is 2. The van der Waals surface area contributed by atoms with Crippen LogP contribution in [0, 0.1) is 16.7 Å². The number of allylic oxidation sites excluding steroid dienone is 2. The summed E-state index contributed by atoms with van der Waals surface area (Å²) in [6.45, 7) is 1.34. The summed E-state index contributed by atoms with van der Waals surface area (Å²) >= 11 is 5.88. The topological polar surface area (TPSA) is 114 Å². The van der Waals surface area contributed by atoms with Crippen LogP contribution in [0.3, 0.4) is 0 Å². The predicted molar refractivity (Wildman–Crippen MR) is 122 cm³/mol. The molecular weight excluding hydrogens is 487 g/mol. The van der Waals surface area contributed by atoms with E-state index in [1.165, 1.54) is 25.4 Å². The third-order valence-electron chi connectivity index (χ3n) is 4.62. The largest absolute Gasteiger partial charge is 0.481 e. The maximum Gasteiger partial charge on any atom is 0.437 e. The molecule has 1 aromatic carbocycles. The summed E-state index contributed by atoms with van der Waals surface area (Å²) in [6, 6.07) is 8.75. The van der Waals surface area contributed by atoms with Gasteiger partial charge in [0.1, 0.15) is 5.75 Å². The maximum absolute atomic E-state index is 13.5. The summed E-state index contributed by atoms with van der Waals surface area (Å²) in [5.74, 6) is -0.929. The second kappa shape index (κ2) is 10.4. The van der Waals surface area contributed by atoms with Crippen LogP contribution in [0.2, 0.25) is 5.02 Å². The first-order chi connectivity index (χ1) is 16.5. The van der Waals surface area contributed by atoms with E-state index in [-0.39, 0.29) is 28.6 Å². The van der Waals surface area contributed by atoms with Gasteiger partial charge in [-0.3, -0.25) is 9.36 Å². The summed E-state index contributed by atoms with van der Waals surface area (Å²) in [5, 5.41) is 17.3. The molecule has 0 amide bonds. The van der Waals surface area contributed by atoms with Crippen LogP contribution < -0.4 is 15.0 Å². The molecule has 0 fully saturated rings. The molecule has 0 saturated carbocycles. The highest BCUT2D eigenvalue weighted by atomic mass is 35.5. The van der Waals surface area contributed by atoms with Crippen molar-refractivity contribution >= 4 is 22.9 Å². The van der Waals surface area contributed by atoms with Gasteiger partial charge in [-0.15, -0.1) is 0 Å². The van der Waals surface area contributed by atoms with Gasteiger partial charge in [-0.05, 0) is 48.4 Å². The molecule has 0 saturated heterocycles. The van der Waals surface area contributed by atoms with Crippen molar-refractivity contribution in [1.29, 1.82) is 10.7 Å². The van der Waals surface area contributed by atoms with Crippen LogP contribution in [0.4, 0.5) is 13.2 Å². The minimum absolute atomic E-state index is 0.0284. The molecule has 35 heavy (non-hydrogen) atoms. The molecule has 3 rings (SSSR count). The Balaban J connectivity index is 1.95. The quantitative estimate of drug-likeness (QED) is 0.448. The Bertz CT molecular complexity index is 1390. The number of alkyl halides is 3. The second-order valence-corrected chi connectivity index (χ2v) is 7.62. The molecule has 1 N–H and O–H groups in total. The van der Waals surface area contributed by atoms with Crippen molar-refractivity contribution in [3.8, 4) is 23.4 Å². The minimum Gasteiger partial charge on any atom is -0.481 e. The smallest absolute Gasteiger partial charge is 0.437 e. The molecular formula is C23H17ClF3N5O3. The summed E-state index contributed by atoms with van der Waals surface area (Å²) in [4.78, 5) is 20.3. The van der Waals surface area contributed by atoms with Gasteiger partial charge in [-0.1, -0.05) is 11.6 Å². The monoisotopic (exact) mass is 503 g/mol. The van der Waals surface area contributed by atoms with Crippen molar-refractivity contribution in [3.05, 3.63) is 81.1 Å². The van der Waals surface area contributed by atoms with E-state index in [9.17, 15) is 18.0 Å². The molecule has 0 radical (unpaired) electrons. The maximum atomic E-state index is 13.5. The van der Waals surface area contributed by atoms with E-state index in [0.29, 0.717) is 23.3 Å². The molecule has 0 unspecified atom stereocenters. The summed E-state index contributed by atoms with van der Waals surface area (Å²) < 4.78 is 51.6. The van der Waals surface area contributed by atoms with Gasteiger partial charge in [0, 0.05) is 17.3 Å². The lowest BCUT2D eigenvalue weighted by Crippen LogP contribution is -2.28. The standard InChI is InChI=1S/C23H17ClF3N5O3/c1-13(15-3-4-19(34-2)30-10-15)5-17(29)11-32-12-31-21(23(25,26)27)20(22(32)33)35-18-7-14(9-28)6-16(24)8-18/h3-8,10,12,29H,11H2,1-2H3/b13-5+,29-17?. The number of aromatic nitrogens is 3. The Labute approximate surface area is 202 Å². The van der Waals surface area contributed by atoms with Crippen LogP contribution in [-0.2, 0) is 12.7 Å². The lowest BCUT2D eigenvalue weighted by atomic mass is 10.1. The van der Waals surface area contributed by atoms with Crippen LogP contribution in [0.5, 0.6) is 17.4 Å². The SMILES string of the molecule is COc1ccc(/C(C)=C/C(=N)Cn2cnc(C(F)(F)F)c(Oc3cc(Cl)cc(C#N)c3)c2=O)cn1. The van der Waals surface area contributed by atoms with Crippen LogP contribution in [0.25, 0.3) is 5.57 Å². The van der Waals surface area contributed by atoms with Crippen LogP contribution in [0.15, 0.2) is 53.7 Å². The molecule has 0 bridgehead atoms. The fourth-order valence-corrected chi connectivity index (χ4v) is 3.21. The fourth-order valence-electron chi connectivity index (χ4n) is 2.99. The summed E-state index contributed by atoms with van der Waals surface area (Å²) in [5.41, 5.74) is -1.43. The number of nitrogens with zero attached hydrogens (tertiary/aromatic N) is 4. The third-order valence-corrected chi connectivity index (χ3v) is 4.84. The molecule has 0 spiro atoms. The van der Waals surface area contributed by atoms with Crippen molar-refractivity contribution in [2.45, 2.75) is 19.6 Å². The Hall–Kier alpha value is -4.17. The molecule has 0 aliphatic rings. The number of halogens is 4. The van der Waals surface area contributed by atoms with Crippen molar-refractivity contribution < 1.29 is 22.6 Å². The Morgan fingerprint density at radius 2 is 2.03 bits per heavy atom. The molecule has 180 valence electrons. The average Bonchev–Trinajstić information content (AvgIpc) is 2.80. The molecule has 12 heteroatoms. The van der Waals surface area contributed by atoms with Crippen molar-refractivity contribution in [2.24, 2.45) is 0 Å². The molecule has 0 atom stereocenters. The van der Waals surface area contributed by atoms with E-state index in [4.69, 9.17) is 31.7 Å². The van der Waals surface area contributed by atoms with E-state index in [1.54, 1.807) is 25.1 Å². The number of hydrogen-bond acceptors (Lipinski definition) is 7. The number of hydrogen-bond donors (Lipinski definition) is 1. The van der Waals surface area contributed by atoms with E-state index in [0.717, 1.165) is 16.7 Å². The Morgan fingerprint density at radius 3 is 2.63 bits per heavy atom. The first kappa shape index (κ1) is 25.5. The van der Waals surface area contributed by atoms with E-state index < -0.39 is 23.2 Å². The molecule has 2 aromatic heterocycles. The van der Waals surface area contributed by atoms with Crippen molar-refractivity contribution in [2.75, 3.05) is 7.11 Å². The lowest BCUT2D eigenvalue weighted by Gasteiger charge is -2.15. The van der Waals surface area contributed by atoms with E-state index in [1.807, 2.05) is 0 Å². The second-order valence-electron chi connectivity index (χ2n) is 7.18. The van der Waals surface area contributed by atoms with E-state index in [2.05, 4.69) is 9.97 Å². The van der Waals surface area contributed by atoms with Gasteiger partial charge in [-0.25, -0.2) is 9.97 Å². The van der Waals surface area contributed by atoms with E-state index >= 15 is 0 Å². The zero-order valence-corrected chi connectivity index (χ0v) is 19.1. The highest BCUT2D eigenvalue weighted by Gasteiger charge is 2.38. The number of pyridine rings is 1. The zero-order valence-electron chi connectivity index (χ0n) is 18.4. The first-order valence-corrected chi connectivity index (χ1v) is 10.2. The molecule has 3 aromatic rings. The zero-order chi connectivity index (χ0) is 25.8. The highest BCUT2D eigenvalue weighted by molar-refractivity contribution is 6.30. The van der Waals surface area contributed by atoms with Gasteiger partial charge in [0.05, 0.1) is 37.3 Å². The van der Waals surface area contributed by atoms with Crippen LogP contribution >= 0.6 is 11.6 Å². The molecule has 8 nitrogen and oxygen atoms in total. The predicted octanol–water partition coefficient (Wildman–Crippen LogP) is 5.11. The average molecular weight is 504 g/mol. The Kier molecular flexibility index (Phi) is 7.56. The Morgan fingerprint density at radius 1 is 1.29 bits per heavy atom.